The number of hydrogen-bond donors (Lipinski definition) is 1. The van der Waals surface area contributed by atoms with Crippen LogP contribution in [-0.2, 0) is 13.5 Å². The number of nitrogens with two attached hydrogens (primary N) is 1. The lowest BCUT2D eigenvalue weighted by Crippen LogP contribution is -2.17. The van der Waals surface area contributed by atoms with Gasteiger partial charge in [0, 0.05) is 18.3 Å². The molecule has 1 aromatic heterocycles. The van der Waals surface area contributed by atoms with Gasteiger partial charge in [-0.1, -0.05) is 11.6 Å². The molecule has 0 amide bonds. The third-order valence-electron chi connectivity index (χ3n) is 2.69. The molecule has 2 rings (SSSR count). The fraction of sp³-hybridized carbons (Fsp3) is 0.250. The van der Waals surface area contributed by atoms with E-state index in [0.29, 0.717) is 17.0 Å². The molecule has 1 atom stereocenters. The zero-order valence-electron chi connectivity index (χ0n) is 9.40. The molecule has 2 aromatic rings. The molecule has 0 saturated heterocycles. The van der Waals surface area contributed by atoms with Crippen molar-refractivity contribution in [2.75, 3.05) is 0 Å². The Kier molecular flexibility index (Phi) is 3.45. The van der Waals surface area contributed by atoms with Crippen LogP contribution in [0.4, 0.5) is 4.39 Å². The van der Waals surface area contributed by atoms with E-state index in [0.717, 1.165) is 5.69 Å². The zero-order chi connectivity index (χ0) is 12.4. The lowest BCUT2D eigenvalue weighted by molar-refractivity contribution is 0.605. The Morgan fingerprint density at radius 1 is 1.47 bits per heavy atom. The zero-order valence-corrected chi connectivity index (χ0v) is 10.2. The molecule has 1 unspecified atom stereocenters. The molecule has 17 heavy (non-hydrogen) atoms. The summed E-state index contributed by atoms with van der Waals surface area (Å²) >= 11 is 6.00. The summed E-state index contributed by atoms with van der Waals surface area (Å²) in [5.74, 6) is -0.304. The third kappa shape index (κ3) is 2.65. The van der Waals surface area contributed by atoms with Crippen LogP contribution >= 0.6 is 11.6 Å². The van der Waals surface area contributed by atoms with Gasteiger partial charge in [0.15, 0.2) is 0 Å². The molecule has 0 aliphatic carbocycles. The summed E-state index contributed by atoms with van der Waals surface area (Å²) in [5.41, 5.74) is 7.65. The quantitative estimate of drug-likeness (QED) is 0.913. The van der Waals surface area contributed by atoms with Crippen molar-refractivity contribution in [1.29, 1.82) is 0 Å². The van der Waals surface area contributed by atoms with Crippen LogP contribution in [0.3, 0.4) is 0 Å². The molecule has 0 bridgehead atoms. The Balaban J connectivity index is 2.21. The summed E-state index contributed by atoms with van der Waals surface area (Å²) in [6.45, 7) is 0. The van der Waals surface area contributed by atoms with Gasteiger partial charge in [0.1, 0.15) is 5.82 Å². The summed E-state index contributed by atoms with van der Waals surface area (Å²) < 4.78 is 14.8. The van der Waals surface area contributed by atoms with Gasteiger partial charge in [-0.25, -0.2) is 4.39 Å². The maximum atomic E-state index is 13.1. The number of nitrogens with zero attached hydrogens (tertiary/aromatic N) is 2. The second kappa shape index (κ2) is 4.85. The normalized spacial score (nSPS) is 12.7. The standard InChI is InChI=1S/C12H13ClFN3/c1-17-12(4-5-16-17)11(15)7-8-6-9(14)2-3-10(8)13/h2-6,11H,7,15H2,1H3. The number of hydrogen-bond acceptors (Lipinski definition) is 2. The molecule has 3 nitrogen and oxygen atoms in total. The molecule has 0 aliphatic rings. The van der Waals surface area contributed by atoms with E-state index in [9.17, 15) is 4.39 Å². The first kappa shape index (κ1) is 12.1. The van der Waals surface area contributed by atoms with E-state index in [4.69, 9.17) is 17.3 Å². The van der Waals surface area contributed by atoms with Gasteiger partial charge >= 0.3 is 0 Å². The van der Waals surface area contributed by atoms with E-state index in [1.54, 1.807) is 16.9 Å². The van der Waals surface area contributed by atoms with E-state index in [1.807, 2.05) is 13.1 Å². The van der Waals surface area contributed by atoms with Crippen molar-refractivity contribution in [2.45, 2.75) is 12.5 Å². The van der Waals surface area contributed by atoms with E-state index < -0.39 is 0 Å². The number of rotatable bonds is 3. The number of aryl methyl sites for hydroxylation is 1. The minimum atomic E-state index is -0.304. The predicted molar refractivity (Wildman–Crippen MR) is 65.3 cm³/mol. The molecule has 2 N–H and O–H groups in total. The van der Waals surface area contributed by atoms with Crippen LogP contribution in [0.5, 0.6) is 0 Å². The first-order valence-corrected chi connectivity index (χ1v) is 5.63. The van der Waals surface area contributed by atoms with Gasteiger partial charge in [-0.2, -0.15) is 5.10 Å². The second-order valence-corrected chi connectivity index (χ2v) is 4.33. The first-order chi connectivity index (χ1) is 8.08. The Labute approximate surface area is 104 Å². The molecule has 0 fully saturated rings. The summed E-state index contributed by atoms with van der Waals surface area (Å²) in [6, 6.07) is 5.89. The molecule has 1 heterocycles. The monoisotopic (exact) mass is 253 g/mol. The van der Waals surface area contributed by atoms with Crippen molar-refractivity contribution in [3.8, 4) is 0 Å². The van der Waals surface area contributed by atoms with Crippen molar-refractivity contribution >= 4 is 11.6 Å². The largest absolute Gasteiger partial charge is 0.322 e. The number of halogens is 2. The fourth-order valence-corrected chi connectivity index (χ4v) is 1.98. The van der Waals surface area contributed by atoms with Crippen molar-refractivity contribution in [3.63, 3.8) is 0 Å². The lowest BCUT2D eigenvalue weighted by Gasteiger charge is -2.13. The molecule has 1 aromatic carbocycles. The first-order valence-electron chi connectivity index (χ1n) is 5.25. The van der Waals surface area contributed by atoms with Gasteiger partial charge in [-0.15, -0.1) is 0 Å². The molecule has 0 spiro atoms. The second-order valence-electron chi connectivity index (χ2n) is 3.93. The average molecular weight is 254 g/mol. The van der Waals surface area contributed by atoms with Crippen LogP contribution in [0.25, 0.3) is 0 Å². The summed E-state index contributed by atoms with van der Waals surface area (Å²) in [5, 5.41) is 4.58. The predicted octanol–water partition coefficient (Wildman–Crippen LogP) is 2.46. The summed E-state index contributed by atoms with van der Waals surface area (Å²) in [6.07, 6.45) is 2.17. The molecule has 0 saturated carbocycles. The van der Waals surface area contributed by atoms with Crippen LogP contribution in [0, 0.1) is 5.82 Å². The molecule has 0 radical (unpaired) electrons. The van der Waals surface area contributed by atoms with Crippen molar-refractivity contribution in [1.82, 2.24) is 9.78 Å². The SMILES string of the molecule is Cn1nccc1C(N)Cc1cc(F)ccc1Cl. The minimum absolute atomic E-state index is 0.248. The highest BCUT2D eigenvalue weighted by molar-refractivity contribution is 6.31. The highest BCUT2D eigenvalue weighted by Crippen LogP contribution is 2.22. The highest BCUT2D eigenvalue weighted by Gasteiger charge is 2.13. The van der Waals surface area contributed by atoms with Gasteiger partial charge in [0.25, 0.3) is 0 Å². The maximum Gasteiger partial charge on any atom is 0.123 e. The van der Waals surface area contributed by atoms with Crippen LogP contribution in [-0.4, -0.2) is 9.78 Å². The maximum absolute atomic E-state index is 13.1. The summed E-state index contributed by atoms with van der Waals surface area (Å²) in [4.78, 5) is 0. The van der Waals surface area contributed by atoms with Crippen molar-refractivity contribution in [3.05, 3.63) is 52.6 Å². The Morgan fingerprint density at radius 2 is 2.24 bits per heavy atom. The van der Waals surface area contributed by atoms with Gasteiger partial charge in [-0.05, 0) is 36.2 Å². The molecule has 90 valence electrons. The Morgan fingerprint density at radius 3 is 2.88 bits per heavy atom. The summed E-state index contributed by atoms with van der Waals surface area (Å²) in [7, 11) is 1.82. The van der Waals surface area contributed by atoms with Crippen molar-refractivity contribution in [2.24, 2.45) is 12.8 Å². The lowest BCUT2D eigenvalue weighted by atomic mass is 10.0. The van der Waals surface area contributed by atoms with E-state index >= 15 is 0 Å². The topological polar surface area (TPSA) is 43.8 Å². The molecular formula is C12H13ClFN3. The van der Waals surface area contributed by atoms with Gasteiger partial charge in [0.2, 0.25) is 0 Å². The van der Waals surface area contributed by atoms with Crippen molar-refractivity contribution < 1.29 is 4.39 Å². The molecular weight excluding hydrogens is 241 g/mol. The van der Waals surface area contributed by atoms with E-state index in [-0.39, 0.29) is 11.9 Å². The Hall–Kier alpha value is -1.39. The van der Waals surface area contributed by atoms with Crippen LogP contribution in [0.2, 0.25) is 5.02 Å². The Bertz CT molecular complexity index is 524. The van der Waals surface area contributed by atoms with Gasteiger partial charge in [0.05, 0.1) is 11.7 Å². The average Bonchev–Trinajstić information content (AvgIpc) is 2.70. The van der Waals surface area contributed by atoms with Crippen LogP contribution in [0.1, 0.15) is 17.3 Å². The van der Waals surface area contributed by atoms with Crippen LogP contribution < -0.4 is 5.73 Å². The van der Waals surface area contributed by atoms with E-state index in [2.05, 4.69) is 5.10 Å². The van der Waals surface area contributed by atoms with Crippen LogP contribution in [0.15, 0.2) is 30.5 Å². The van der Waals surface area contributed by atoms with Gasteiger partial charge < -0.3 is 5.73 Å². The number of benzene rings is 1. The number of aromatic nitrogens is 2. The van der Waals surface area contributed by atoms with Gasteiger partial charge in [-0.3, -0.25) is 4.68 Å². The van der Waals surface area contributed by atoms with E-state index in [1.165, 1.54) is 12.1 Å². The minimum Gasteiger partial charge on any atom is -0.322 e. The third-order valence-corrected chi connectivity index (χ3v) is 3.06. The smallest absolute Gasteiger partial charge is 0.123 e. The highest BCUT2D eigenvalue weighted by atomic mass is 35.5. The molecule has 0 aliphatic heterocycles. The fourth-order valence-electron chi connectivity index (χ4n) is 1.79. The molecule has 5 heteroatoms.